The molecule has 0 aliphatic rings. The number of methoxy groups -OCH3 is 1. The summed E-state index contributed by atoms with van der Waals surface area (Å²) in [6.07, 6.45) is 0. The zero-order valence-electron chi connectivity index (χ0n) is 14.2. The molecule has 24 heavy (non-hydrogen) atoms. The van der Waals surface area contributed by atoms with E-state index in [2.05, 4.69) is 5.32 Å². The van der Waals surface area contributed by atoms with E-state index in [4.69, 9.17) is 9.72 Å². The van der Waals surface area contributed by atoms with Crippen molar-refractivity contribution in [2.24, 2.45) is 0 Å². The SMILES string of the molecule is COc1ccccc1-c1cc(NC(C)(C)CO)c2ccccc2n1. The van der Waals surface area contributed by atoms with Crippen molar-refractivity contribution in [1.29, 1.82) is 0 Å². The summed E-state index contributed by atoms with van der Waals surface area (Å²) in [5.74, 6) is 0.785. The third-order valence-corrected chi connectivity index (χ3v) is 3.97. The number of aromatic nitrogens is 1. The van der Waals surface area contributed by atoms with Crippen LogP contribution in [0.5, 0.6) is 5.75 Å². The van der Waals surface area contributed by atoms with Gasteiger partial charge in [-0.2, -0.15) is 0 Å². The van der Waals surface area contributed by atoms with Crippen LogP contribution in [0.2, 0.25) is 0 Å². The van der Waals surface area contributed by atoms with Crippen LogP contribution in [0.4, 0.5) is 5.69 Å². The second-order valence-electron chi connectivity index (χ2n) is 6.44. The van der Waals surface area contributed by atoms with Gasteiger partial charge in [-0.3, -0.25) is 0 Å². The molecule has 2 N–H and O–H groups in total. The highest BCUT2D eigenvalue weighted by molar-refractivity contribution is 5.94. The number of benzene rings is 2. The Morgan fingerprint density at radius 1 is 1.08 bits per heavy atom. The number of pyridine rings is 1. The van der Waals surface area contributed by atoms with E-state index in [1.807, 2.05) is 68.4 Å². The normalized spacial score (nSPS) is 11.5. The van der Waals surface area contributed by atoms with Gasteiger partial charge in [-0.1, -0.05) is 30.3 Å². The third kappa shape index (κ3) is 3.19. The number of aliphatic hydroxyl groups excluding tert-OH is 1. The second kappa shape index (κ2) is 6.49. The van der Waals surface area contributed by atoms with E-state index in [1.54, 1.807) is 7.11 Å². The monoisotopic (exact) mass is 322 g/mol. The Hall–Kier alpha value is -2.59. The fourth-order valence-corrected chi connectivity index (χ4v) is 2.68. The molecule has 124 valence electrons. The molecule has 1 heterocycles. The summed E-state index contributed by atoms with van der Waals surface area (Å²) < 4.78 is 5.47. The summed E-state index contributed by atoms with van der Waals surface area (Å²) >= 11 is 0. The summed E-state index contributed by atoms with van der Waals surface area (Å²) in [6, 6.07) is 17.8. The van der Waals surface area contributed by atoms with Gasteiger partial charge in [0, 0.05) is 16.6 Å². The van der Waals surface area contributed by atoms with Crippen molar-refractivity contribution < 1.29 is 9.84 Å². The lowest BCUT2D eigenvalue weighted by Gasteiger charge is -2.26. The van der Waals surface area contributed by atoms with Gasteiger partial charge in [0.25, 0.3) is 0 Å². The Labute approximate surface area is 142 Å². The number of nitrogens with zero attached hydrogens (tertiary/aromatic N) is 1. The van der Waals surface area contributed by atoms with Crippen molar-refractivity contribution in [3.05, 3.63) is 54.6 Å². The molecule has 0 spiro atoms. The molecule has 0 amide bonds. The summed E-state index contributed by atoms with van der Waals surface area (Å²) in [7, 11) is 1.66. The van der Waals surface area contributed by atoms with Gasteiger partial charge < -0.3 is 15.2 Å². The van der Waals surface area contributed by atoms with E-state index >= 15 is 0 Å². The van der Waals surface area contributed by atoms with E-state index in [-0.39, 0.29) is 6.61 Å². The van der Waals surface area contributed by atoms with E-state index in [0.29, 0.717) is 0 Å². The Bertz CT molecular complexity index is 859. The van der Waals surface area contributed by atoms with Gasteiger partial charge in [-0.25, -0.2) is 4.98 Å². The molecule has 0 aliphatic heterocycles. The first-order valence-electron chi connectivity index (χ1n) is 7.96. The number of para-hydroxylation sites is 2. The second-order valence-corrected chi connectivity index (χ2v) is 6.44. The fourth-order valence-electron chi connectivity index (χ4n) is 2.68. The Kier molecular flexibility index (Phi) is 4.40. The molecule has 4 nitrogen and oxygen atoms in total. The molecule has 3 aromatic rings. The van der Waals surface area contributed by atoms with Crippen LogP contribution in [-0.4, -0.2) is 29.3 Å². The predicted molar refractivity (Wildman–Crippen MR) is 98.5 cm³/mol. The zero-order valence-corrected chi connectivity index (χ0v) is 14.2. The van der Waals surface area contributed by atoms with Gasteiger partial charge in [0.15, 0.2) is 0 Å². The molecular weight excluding hydrogens is 300 g/mol. The molecule has 0 radical (unpaired) electrons. The number of nitrogens with one attached hydrogen (secondary N) is 1. The van der Waals surface area contributed by atoms with Crippen molar-refractivity contribution in [2.75, 3.05) is 19.0 Å². The number of hydrogen-bond acceptors (Lipinski definition) is 4. The van der Waals surface area contributed by atoms with Gasteiger partial charge in [-0.05, 0) is 38.1 Å². The largest absolute Gasteiger partial charge is 0.496 e. The van der Waals surface area contributed by atoms with Crippen molar-refractivity contribution in [2.45, 2.75) is 19.4 Å². The number of ether oxygens (including phenoxy) is 1. The Balaban J connectivity index is 2.20. The third-order valence-electron chi connectivity index (χ3n) is 3.97. The number of aliphatic hydroxyl groups is 1. The molecule has 0 saturated heterocycles. The smallest absolute Gasteiger partial charge is 0.128 e. The van der Waals surface area contributed by atoms with Crippen LogP contribution in [0.15, 0.2) is 54.6 Å². The maximum atomic E-state index is 9.60. The van der Waals surface area contributed by atoms with Gasteiger partial charge in [0.1, 0.15) is 5.75 Å². The van der Waals surface area contributed by atoms with E-state index in [1.165, 1.54) is 0 Å². The molecule has 0 atom stereocenters. The molecule has 0 unspecified atom stereocenters. The molecule has 3 rings (SSSR count). The van der Waals surface area contributed by atoms with Crippen LogP contribution >= 0.6 is 0 Å². The average Bonchev–Trinajstić information content (AvgIpc) is 2.61. The molecular formula is C20H22N2O2. The minimum absolute atomic E-state index is 0.0354. The fraction of sp³-hybridized carbons (Fsp3) is 0.250. The Morgan fingerprint density at radius 3 is 2.54 bits per heavy atom. The minimum atomic E-state index is -0.428. The Morgan fingerprint density at radius 2 is 1.79 bits per heavy atom. The average molecular weight is 322 g/mol. The van der Waals surface area contributed by atoms with Gasteiger partial charge in [0.2, 0.25) is 0 Å². The molecule has 0 aliphatic carbocycles. The summed E-state index contributed by atoms with van der Waals surface area (Å²) in [5, 5.41) is 14.1. The standard InChI is InChI=1S/C20H22N2O2/c1-20(2,13-23)22-18-12-17(15-9-5-7-11-19(15)24-3)21-16-10-6-4-8-14(16)18/h4-12,23H,13H2,1-3H3,(H,21,22). The lowest BCUT2D eigenvalue weighted by atomic mass is 10.0. The molecule has 1 aromatic heterocycles. The molecule has 4 heteroatoms. The molecule has 0 saturated carbocycles. The molecule has 0 bridgehead atoms. The van der Waals surface area contributed by atoms with Crippen LogP contribution in [0.1, 0.15) is 13.8 Å². The topological polar surface area (TPSA) is 54.4 Å². The van der Waals surface area contributed by atoms with Crippen LogP contribution in [0.25, 0.3) is 22.2 Å². The van der Waals surface area contributed by atoms with Gasteiger partial charge >= 0.3 is 0 Å². The van der Waals surface area contributed by atoms with Gasteiger partial charge in [0.05, 0.1) is 30.5 Å². The number of anilines is 1. The van der Waals surface area contributed by atoms with E-state index in [0.717, 1.165) is 33.6 Å². The highest BCUT2D eigenvalue weighted by Crippen LogP contribution is 2.34. The summed E-state index contributed by atoms with van der Waals surface area (Å²) in [6.45, 7) is 3.96. The lowest BCUT2D eigenvalue weighted by Crippen LogP contribution is -2.35. The number of hydrogen-bond donors (Lipinski definition) is 2. The molecule has 0 fully saturated rings. The number of fused-ring (bicyclic) bond motifs is 1. The summed E-state index contributed by atoms with van der Waals surface area (Å²) in [4.78, 5) is 4.79. The summed E-state index contributed by atoms with van der Waals surface area (Å²) in [5.41, 5.74) is 3.19. The highest BCUT2D eigenvalue weighted by Gasteiger charge is 2.18. The van der Waals surface area contributed by atoms with E-state index in [9.17, 15) is 5.11 Å². The van der Waals surface area contributed by atoms with Crippen molar-refractivity contribution in [3.63, 3.8) is 0 Å². The van der Waals surface area contributed by atoms with Crippen LogP contribution in [-0.2, 0) is 0 Å². The van der Waals surface area contributed by atoms with Crippen LogP contribution in [0.3, 0.4) is 0 Å². The van der Waals surface area contributed by atoms with Crippen molar-refractivity contribution in [1.82, 2.24) is 4.98 Å². The lowest BCUT2D eigenvalue weighted by molar-refractivity contribution is 0.234. The van der Waals surface area contributed by atoms with Crippen molar-refractivity contribution in [3.8, 4) is 17.0 Å². The quantitative estimate of drug-likeness (QED) is 0.743. The first-order chi connectivity index (χ1) is 11.5. The first kappa shape index (κ1) is 16.3. The first-order valence-corrected chi connectivity index (χ1v) is 7.96. The molecule has 2 aromatic carbocycles. The van der Waals surface area contributed by atoms with E-state index < -0.39 is 5.54 Å². The van der Waals surface area contributed by atoms with Crippen LogP contribution in [0, 0.1) is 0 Å². The maximum Gasteiger partial charge on any atom is 0.128 e. The number of rotatable bonds is 5. The van der Waals surface area contributed by atoms with Gasteiger partial charge in [-0.15, -0.1) is 0 Å². The van der Waals surface area contributed by atoms with Crippen LogP contribution < -0.4 is 10.1 Å². The van der Waals surface area contributed by atoms with Crippen molar-refractivity contribution >= 4 is 16.6 Å². The maximum absolute atomic E-state index is 9.60. The predicted octanol–water partition coefficient (Wildman–Crippen LogP) is 4.09. The minimum Gasteiger partial charge on any atom is -0.496 e. The zero-order chi connectivity index (χ0) is 17.2. The highest BCUT2D eigenvalue weighted by atomic mass is 16.5.